The third-order valence-corrected chi connectivity index (χ3v) is 3.24. The average molecular weight is 232 g/mol. The van der Waals surface area contributed by atoms with Gasteiger partial charge < -0.3 is 16.0 Å². The third kappa shape index (κ3) is 2.33. The fraction of sp³-hybridized carbons (Fsp3) is 0.462. The summed E-state index contributed by atoms with van der Waals surface area (Å²) in [5.74, 6) is 1.35. The predicted molar refractivity (Wildman–Crippen MR) is 70.8 cm³/mol. The second-order valence-corrected chi connectivity index (χ2v) is 4.58. The number of nitrogens with zero attached hydrogens (tertiary/aromatic N) is 1. The SMILES string of the molecule is CNC(c1ccc2nc(C)[nH]c2c1)C(C)CN. The molecule has 2 unspecified atom stereocenters. The van der Waals surface area contributed by atoms with Crippen LogP contribution in [0.2, 0.25) is 0 Å². The molecule has 1 heterocycles. The van der Waals surface area contributed by atoms with Crippen molar-refractivity contribution in [3.8, 4) is 0 Å². The standard InChI is InChI=1S/C13H20N4/c1-8(7-14)13(15-3)10-4-5-11-12(6-10)17-9(2)16-11/h4-6,8,13,15H,7,14H2,1-3H3,(H,16,17). The molecule has 0 radical (unpaired) electrons. The van der Waals surface area contributed by atoms with Gasteiger partial charge in [0.25, 0.3) is 0 Å². The molecule has 17 heavy (non-hydrogen) atoms. The van der Waals surface area contributed by atoms with Crippen molar-refractivity contribution in [3.05, 3.63) is 29.6 Å². The van der Waals surface area contributed by atoms with Gasteiger partial charge in [0.1, 0.15) is 5.82 Å². The quantitative estimate of drug-likeness (QED) is 0.752. The number of aromatic nitrogens is 2. The predicted octanol–water partition coefficient (Wildman–Crippen LogP) is 1.73. The fourth-order valence-corrected chi connectivity index (χ4v) is 2.26. The molecule has 1 aromatic carbocycles. The number of rotatable bonds is 4. The summed E-state index contributed by atoms with van der Waals surface area (Å²) >= 11 is 0. The fourth-order valence-electron chi connectivity index (χ4n) is 2.26. The molecule has 92 valence electrons. The van der Waals surface area contributed by atoms with Crippen LogP contribution in [0, 0.1) is 12.8 Å². The van der Waals surface area contributed by atoms with Gasteiger partial charge in [-0.2, -0.15) is 0 Å². The summed E-state index contributed by atoms with van der Waals surface area (Å²) in [4.78, 5) is 7.67. The Bertz CT molecular complexity index is 503. The highest BCUT2D eigenvalue weighted by atomic mass is 14.9. The monoisotopic (exact) mass is 232 g/mol. The number of fused-ring (bicyclic) bond motifs is 1. The Labute approximate surface area is 102 Å². The molecule has 1 aromatic heterocycles. The molecule has 0 aliphatic rings. The van der Waals surface area contributed by atoms with E-state index in [0.717, 1.165) is 16.9 Å². The van der Waals surface area contributed by atoms with Gasteiger partial charge in [-0.15, -0.1) is 0 Å². The van der Waals surface area contributed by atoms with Gasteiger partial charge in [-0.05, 0) is 44.1 Å². The molecule has 2 atom stereocenters. The van der Waals surface area contributed by atoms with Crippen molar-refractivity contribution in [3.63, 3.8) is 0 Å². The molecule has 0 fully saturated rings. The molecule has 0 amide bonds. The Morgan fingerprint density at radius 2 is 2.24 bits per heavy atom. The van der Waals surface area contributed by atoms with Gasteiger partial charge in [0, 0.05) is 6.04 Å². The normalized spacial score (nSPS) is 15.1. The number of nitrogens with two attached hydrogens (primary N) is 1. The largest absolute Gasteiger partial charge is 0.342 e. The lowest BCUT2D eigenvalue weighted by molar-refractivity contribution is 0.420. The lowest BCUT2D eigenvalue weighted by Gasteiger charge is -2.22. The Balaban J connectivity index is 2.40. The summed E-state index contributed by atoms with van der Waals surface area (Å²) in [6.07, 6.45) is 0. The van der Waals surface area contributed by atoms with Crippen LogP contribution >= 0.6 is 0 Å². The zero-order valence-electron chi connectivity index (χ0n) is 10.6. The van der Waals surface area contributed by atoms with Crippen LogP contribution in [0.4, 0.5) is 0 Å². The Morgan fingerprint density at radius 1 is 1.47 bits per heavy atom. The Morgan fingerprint density at radius 3 is 2.88 bits per heavy atom. The minimum absolute atomic E-state index is 0.285. The van der Waals surface area contributed by atoms with E-state index in [-0.39, 0.29) is 6.04 Å². The molecular weight excluding hydrogens is 212 g/mol. The van der Waals surface area contributed by atoms with E-state index in [0.29, 0.717) is 12.5 Å². The van der Waals surface area contributed by atoms with Gasteiger partial charge in [0.15, 0.2) is 0 Å². The van der Waals surface area contributed by atoms with Crippen LogP contribution in [0.1, 0.15) is 24.4 Å². The first-order chi connectivity index (χ1) is 8.15. The van der Waals surface area contributed by atoms with Crippen molar-refractivity contribution in [1.29, 1.82) is 0 Å². The van der Waals surface area contributed by atoms with Crippen molar-refractivity contribution in [2.45, 2.75) is 19.9 Å². The lowest BCUT2D eigenvalue weighted by atomic mass is 9.94. The first-order valence-corrected chi connectivity index (χ1v) is 5.99. The van der Waals surface area contributed by atoms with E-state index in [1.807, 2.05) is 14.0 Å². The third-order valence-electron chi connectivity index (χ3n) is 3.24. The molecule has 4 nitrogen and oxygen atoms in total. The number of aryl methyl sites for hydroxylation is 1. The number of imidazole rings is 1. The maximum Gasteiger partial charge on any atom is 0.104 e. The first kappa shape index (κ1) is 12.1. The number of hydrogen-bond donors (Lipinski definition) is 3. The molecule has 0 saturated heterocycles. The topological polar surface area (TPSA) is 66.7 Å². The summed E-state index contributed by atoms with van der Waals surface area (Å²) in [6.45, 7) is 4.80. The van der Waals surface area contributed by atoms with Gasteiger partial charge >= 0.3 is 0 Å². The summed E-state index contributed by atoms with van der Waals surface area (Å²) in [5.41, 5.74) is 9.10. The van der Waals surface area contributed by atoms with Crippen LogP contribution in [0.25, 0.3) is 11.0 Å². The molecule has 0 aliphatic heterocycles. The van der Waals surface area contributed by atoms with Crippen LogP contribution in [0.5, 0.6) is 0 Å². The molecule has 0 saturated carbocycles. The van der Waals surface area contributed by atoms with Gasteiger partial charge in [-0.1, -0.05) is 13.0 Å². The maximum absolute atomic E-state index is 5.74. The second-order valence-electron chi connectivity index (χ2n) is 4.58. The number of benzene rings is 1. The van der Waals surface area contributed by atoms with E-state index >= 15 is 0 Å². The van der Waals surface area contributed by atoms with Crippen molar-refractivity contribution in [2.75, 3.05) is 13.6 Å². The molecule has 2 aromatic rings. The second kappa shape index (κ2) is 4.85. The number of H-pyrrole nitrogens is 1. The number of hydrogen-bond acceptors (Lipinski definition) is 3. The highest BCUT2D eigenvalue weighted by Crippen LogP contribution is 2.24. The van der Waals surface area contributed by atoms with Gasteiger partial charge in [-0.25, -0.2) is 4.98 Å². The Hall–Kier alpha value is -1.39. The van der Waals surface area contributed by atoms with Crippen LogP contribution in [0.15, 0.2) is 18.2 Å². The van der Waals surface area contributed by atoms with E-state index < -0.39 is 0 Å². The molecule has 0 bridgehead atoms. The van der Waals surface area contributed by atoms with Gasteiger partial charge in [0.05, 0.1) is 11.0 Å². The summed E-state index contributed by atoms with van der Waals surface area (Å²) in [7, 11) is 1.97. The van der Waals surface area contributed by atoms with E-state index in [1.165, 1.54) is 5.56 Å². The minimum Gasteiger partial charge on any atom is -0.342 e. The van der Waals surface area contributed by atoms with Crippen LogP contribution < -0.4 is 11.1 Å². The number of nitrogens with one attached hydrogen (secondary N) is 2. The zero-order chi connectivity index (χ0) is 12.4. The van der Waals surface area contributed by atoms with Crippen molar-refractivity contribution >= 4 is 11.0 Å². The Kier molecular flexibility index (Phi) is 3.45. The molecule has 4 N–H and O–H groups in total. The first-order valence-electron chi connectivity index (χ1n) is 5.99. The van der Waals surface area contributed by atoms with Gasteiger partial charge in [-0.3, -0.25) is 0 Å². The highest BCUT2D eigenvalue weighted by Gasteiger charge is 2.16. The number of aromatic amines is 1. The lowest BCUT2D eigenvalue weighted by Crippen LogP contribution is -2.28. The van der Waals surface area contributed by atoms with Crippen molar-refractivity contribution in [2.24, 2.45) is 11.7 Å². The van der Waals surface area contributed by atoms with Gasteiger partial charge in [0.2, 0.25) is 0 Å². The summed E-state index contributed by atoms with van der Waals surface area (Å²) in [5, 5.41) is 3.33. The van der Waals surface area contributed by atoms with Crippen LogP contribution in [0.3, 0.4) is 0 Å². The molecule has 0 aliphatic carbocycles. The molecule has 4 heteroatoms. The maximum atomic E-state index is 5.74. The van der Waals surface area contributed by atoms with Crippen LogP contribution in [-0.4, -0.2) is 23.6 Å². The molecule has 2 rings (SSSR count). The van der Waals surface area contributed by atoms with E-state index in [4.69, 9.17) is 5.73 Å². The smallest absolute Gasteiger partial charge is 0.104 e. The highest BCUT2D eigenvalue weighted by molar-refractivity contribution is 5.76. The van der Waals surface area contributed by atoms with E-state index in [2.05, 4.69) is 40.4 Å². The molecular formula is C13H20N4. The van der Waals surface area contributed by atoms with E-state index in [1.54, 1.807) is 0 Å². The summed E-state index contributed by atoms with van der Waals surface area (Å²) in [6, 6.07) is 6.62. The average Bonchev–Trinajstić information content (AvgIpc) is 2.69. The van der Waals surface area contributed by atoms with Crippen molar-refractivity contribution in [1.82, 2.24) is 15.3 Å². The minimum atomic E-state index is 0.285. The zero-order valence-corrected chi connectivity index (χ0v) is 10.6. The summed E-state index contributed by atoms with van der Waals surface area (Å²) < 4.78 is 0. The van der Waals surface area contributed by atoms with Crippen LogP contribution in [-0.2, 0) is 0 Å². The van der Waals surface area contributed by atoms with Crippen molar-refractivity contribution < 1.29 is 0 Å². The van der Waals surface area contributed by atoms with E-state index in [9.17, 15) is 0 Å². The molecule has 0 spiro atoms.